The maximum absolute atomic E-state index is 13.3. The molecule has 6 heteroatoms. The van der Waals surface area contributed by atoms with Crippen molar-refractivity contribution in [2.75, 3.05) is 13.2 Å². The van der Waals surface area contributed by atoms with E-state index in [0.29, 0.717) is 31.2 Å². The van der Waals surface area contributed by atoms with Crippen LogP contribution in [0.5, 0.6) is 5.75 Å². The van der Waals surface area contributed by atoms with E-state index in [1.807, 2.05) is 70.2 Å². The average Bonchev–Trinajstić information content (AvgIpc) is 2.76. The second kappa shape index (κ2) is 12.6. The van der Waals surface area contributed by atoms with Crippen LogP contribution in [0.2, 0.25) is 0 Å². The Balaban J connectivity index is 2.21. The summed E-state index contributed by atoms with van der Waals surface area (Å²) in [6.07, 6.45) is 1.45. The molecule has 0 radical (unpaired) electrons. The van der Waals surface area contributed by atoms with Crippen molar-refractivity contribution < 1.29 is 14.3 Å². The zero-order valence-electron chi connectivity index (χ0n) is 19.8. The first-order valence-electron chi connectivity index (χ1n) is 11.3. The van der Waals surface area contributed by atoms with Crippen LogP contribution in [0, 0.1) is 12.8 Å². The van der Waals surface area contributed by atoms with Gasteiger partial charge in [0.15, 0.2) is 6.61 Å². The standard InChI is InChI=1S/C26H35BrN2O3/c1-6-20-11-12-24(22(27)14-20)32-17-25(30)29(16-21-10-8-9-19(5)13-21)23(7-2)26(31)28-15-18(3)4/h8-14,18,23H,6-7,15-17H2,1-5H3,(H,28,31). The number of ether oxygens (including phenoxy) is 1. The molecule has 5 nitrogen and oxygen atoms in total. The van der Waals surface area contributed by atoms with Crippen LogP contribution in [0.25, 0.3) is 0 Å². The summed E-state index contributed by atoms with van der Waals surface area (Å²) in [5.74, 6) is 0.604. The van der Waals surface area contributed by atoms with Gasteiger partial charge in [-0.1, -0.05) is 63.6 Å². The number of aryl methyl sites for hydroxylation is 2. The molecule has 0 spiro atoms. The quantitative estimate of drug-likeness (QED) is 0.454. The van der Waals surface area contributed by atoms with E-state index in [4.69, 9.17) is 4.74 Å². The van der Waals surface area contributed by atoms with Crippen LogP contribution in [0.4, 0.5) is 0 Å². The van der Waals surface area contributed by atoms with Gasteiger partial charge in [-0.25, -0.2) is 0 Å². The number of hydrogen-bond acceptors (Lipinski definition) is 3. The second-order valence-corrected chi connectivity index (χ2v) is 9.34. The normalized spacial score (nSPS) is 11.8. The molecule has 2 aromatic carbocycles. The van der Waals surface area contributed by atoms with E-state index >= 15 is 0 Å². The van der Waals surface area contributed by atoms with E-state index in [2.05, 4.69) is 28.2 Å². The van der Waals surface area contributed by atoms with Gasteiger partial charge in [0, 0.05) is 13.1 Å². The Morgan fingerprint density at radius 1 is 1.09 bits per heavy atom. The molecule has 2 aromatic rings. The highest BCUT2D eigenvalue weighted by Gasteiger charge is 2.29. The van der Waals surface area contributed by atoms with Gasteiger partial charge in [0.1, 0.15) is 11.8 Å². The number of amides is 2. The van der Waals surface area contributed by atoms with Gasteiger partial charge in [-0.15, -0.1) is 0 Å². The molecule has 32 heavy (non-hydrogen) atoms. The fourth-order valence-electron chi connectivity index (χ4n) is 3.45. The average molecular weight is 503 g/mol. The van der Waals surface area contributed by atoms with Gasteiger partial charge in [-0.05, 0) is 64.9 Å². The van der Waals surface area contributed by atoms with Crippen LogP contribution in [-0.4, -0.2) is 35.9 Å². The number of nitrogens with one attached hydrogen (secondary N) is 1. The molecule has 2 rings (SSSR count). The first-order valence-corrected chi connectivity index (χ1v) is 12.1. The Kier molecular flexibility index (Phi) is 10.2. The Hall–Kier alpha value is -2.34. The second-order valence-electron chi connectivity index (χ2n) is 8.48. The fraction of sp³-hybridized carbons (Fsp3) is 0.462. The van der Waals surface area contributed by atoms with E-state index in [9.17, 15) is 9.59 Å². The summed E-state index contributed by atoms with van der Waals surface area (Å²) in [5, 5.41) is 2.98. The van der Waals surface area contributed by atoms with Crippen LogP contribution in [0.1, 0.15) is 50.8 Å². The lowest BCUT2D eigenvalue weighted by Crippen LogP contribution is -2.50. The third-order valence-electron chi connectivity index (χ3n) is 5.26. The van der Waals surface area contributed by atoms with E-state index in [1.54, 1.807) is 4.90 Å². The zero-order chi connectivity index (χ0) is 23.7. The first-order chi connectivity index (χ1) is 15.2. The number of nitrogens with zero attached hydrogens (tertiary/aromatic N) is 1. The summed E-state index contributed by atoms with van der Waals surface area (Å²) in [7, 11) is 0. The maximum atomic E-state index is 13.3. The van der Waals surface area contributed by atoms with Crippen molar-refractivity contribution in [3.63, 3.8) is 0 Å². The van der Waals surface area contributed by atoms with Gasteiger partial charge in [0.05, 0.1) is 4.47 Å². The molecule has 1 unspecified atom stereocenters. The van der Waals surface area contributed by atoms with Gasteiger partial charge in [-0.3, -0.25) is 9.59 Å². The monoisotopic (exact) mass is 502 g/mol. The predicted molar refractivity (Wildman–Crippen MR) is 133 cm³/mol. The first kappa shape index (κ1) is 25.9. The van der Waals surface area contributed by atoms with Gasteiger partial charge in [0.25, 0.3) is 5.91 Å². The number of rotatable bonds is 11. The molecule has 174 valence electrons. The summed E-state index contributed by atoms with van der Waals surface area (Å²) in [6.45, 7) is 10.9. The lowest BCUT2D eigenvalue weighted by molar-refractivity contribution is -0.143. The molecule has 1 atom stereocenters. The van der Waals surface area contributed by atoms with Crippen molar-refractivity contribution in [1.82, 2.24) is 10.2 Å². The maximum Gasteiger partial charge on any atom is 0.261 e. The zero-order valence-corrected chi connectivity index (χ0v) is 21.4. The number of hydrogen-bond donors (Lipinski definition) is 1. The van der Waals surface area contributed by atoms with Crippen molar-refractivity contribution in [1.29, 1.82) is 0 Å². The van der Waals surface area contributed by atoms with E-state index < -0.39 is 6.04 Å². The van der Waals surface area contributed by atoms with Crippen molar-refractivity contribution in [2.24, 2.45) is 5.92 Å². The van der Waals surface area contributed by atoms with Crippen LogP contribution in [0.15, 0.2) is 46.9 Å². The highest BCUT2D eigenvalue weighted by Crippen LogP contribution is 2.26. The van der Waals surface area contributed by atoms with Crippen LogP contribution in [0.3, 0.4) is 0 Å². The molecule has 0 aliphatic rings. The van der Waals surface area contributed by atoms with Gasteiger partial charge in [0.2, 0.25) is 5.91 Å². The molecular formula is C26H35BrN2O3. The minimum atomic E-state index is -0.559. The highest BCUT2D eigenvalue weighted by atomic mass is 79.9. The number of carbonyl (C=O) groups excluding carboxylic acids is 2. The summed E-state index contributed by atoms with van der Waals surface area (Å²) in [4.78, 5) is 27.9. The lowest BCUT2D eigenvalue weighted by atomic mass is 10.1. The molecule has 0 fully saturated rings. The smallest absolute Gasteiger partial charge is 0.261 e. The van der Waals surface area contributed by atoms with E-state index in [0.717, 1.165) is 22.0 Å². The number of halogens is 1. The summed E-state index contributed by atoms with van der Waals surface area (Å²) in [5.41, 5.74) is 3.29. The third kappa shape index (κ3) is 7.66. The van der Waals surface area contributed by atoms with Crippen molar-refractivity contribution in [2.45, 2.75) is 60.0 Å². The van der Waals surface area contributed by atoms with Gasteiger partial charge < -0.3 is 15.0 Å². The Bertz CT molecular complexity index is 914. The SMILES string of the molecule is CCc1ccc(OCC(=O)N(Cc2cccc(C)c2)C(CC)C(=O)NCC(C)C)c(Br)c1. The lowest BCUT2D eigenvalue weighted by Gasteiger charge is -2.31. The van der Waals surface area contributed by atoms with Crippen molar-refractivity contribution in [3.8, 4) is 5.75 Å². The van der Waals surface area contributed by atoms with Crippen molar-refractivity contribution in [3.05, 3.63) is 63.6 Å². The van der Waals surface area contributed by atoms with Gasteiger partial charge >= 0.3 is 0 Å². The van der Waals surface area contributed by atoms with Crippen molar-refractivity contribution >= 4 is 27.7 Å². The molecule has 2 amide bonds. The molecule has 1 N–H and O–H groups in total. The van der Waals surface area contributed by atoms with Gasteiger partial charge in [-0.2, -0.15) is 0 Å². The Morgan fingerprint density at radius 3 is 2.44 bits per heavy atom. The number of benzene rings is 2. The highest BCUT2D eigenvalue weighted by molar-refractivity contribution is 9.10. The Morgan fingerprint density at radius 2 is 1.84 bits per heavy atom. The summed E-state index contributed by atoms with van der Waals surface area (Å²) >= 11 is 3.52. The molecule has 0 bridgehead atoms. The predicted octanol–water partition coefficient (Wildman–Crippen LogP) is 5.28. The summed E-state index contributed by atoms with van der Waals surface area (Å²) in [6, 6.07) is 13.3. The van der Waals surface area contributed by atoms with Crippen LogP contribution < -0.4 is 10.1 Å². The minimum absolute atomic E-state index is 0.129. The van der Waals surface area contributed by atoms with E-state index in [-0.39, 0.29) is 18.4 Å². The fourth-order valence-corrected chi connectivity index (χ4v) is 3.99. The topological polar surface area (TPSA) is 58.6 Å². The van der Waals surface area contributed by atoms with E-state index in [1.165, 1.54) is 5.56 Å². The molecule has 0 saturated heterocycles. The molecule has 0 saturated carbocycles. The van der Waals surface area contributed by atoms with Crippen LogP contribution >= 0.6 is 15.9 Å². The molecular weight excluding hydrogens is 468 g/mol. The molecule has 0 aliphatic heterocycles. The van der Waals surface area contributed by atoms with Crippen LogP contribution in [-0.2, 0) is 22.6 Å². The molecule has 0 aromatic heterocycles. The minimum Gasteiger partial charge on any atom is -0.483 e. The Labute approximate surface area is 200 Å². The third-order valence-corrected chi connectivity index (χ3v) is 5.88. The summed E-state index contributed by atoms with van der Waals surface area (Å²) < 4.78 is 6.66. The number of carbonyl (C=O) groups is 2. The largest absolute Gasteiger partial charge is 0.483 e. The molecule has 0 aliphatic carbocycles. The molecule has 0 heterocycles.